The zero-order valence-corrected chi connectivity index (χ0v) is 9.39. The molecule has 5 nitrogen and oxygen atoms in total. The Morgan fingerprint density at radius 2 is 2.28 bits per heavy atom. The normalized spacial score (nSPS) is 9.78. The van der Waals surface area contributed by atoms with Gasteiger partial charge in [-0.3, -0.25) is 0 Å². The SMILES string of the molecule is N#Cc1cccc(CNc2nc(N)ncc2F)c1. The third-order valence-electron chi connectivity index (χ3n) is 2.28. The lowest BCUT2D eigenvalue weighted by molar-refractivity contribution is 0.617. The molecule has 0 fully saturated rings. The molecule has 0 saturated carbocycles. The molecule has 0 radical (unpaired) electrons. The number of nitrogen functional groups attached to an aromatic ring is 1. The van der Waals surface area contributed by atoms with E-state index in [-0.39, 0.29) is 11.8 Å². The van der Waals surface area contributed by atoms with Crippen LogP contribution in [-0.4, -0.2) is 9.97 Å². The zero-order valence-electron chi connectivity index (χ0n) is 9.39. The van der Waals surface area contributed by atoms with Gasteiger partial charge in [0.15, 0.2) is 11.6 Å². The van der Waals surface area contributed by atoms with Gasteiger partial charge in [-0.15, -0.1) is 0 Å². The molecule has 0 aliphatic rings. The first-order valence-corrected chi connectivity index (χ1v) is 5.20. The van der Waals surface area contributed by atoms with Crippen molar-refractivity contribution in [3.8, 4) is 6.07 Å². The molecule has 1 heterocycles. The van der Waals surface area contributed by atoms with Crippen LogP contribution in [0, 0.1) is 17.1 Å². The fraction of sp³-hybridized carbons (Fsp3) is 0.0833. The molecule has 1 aromatic heterocycles. The highest BCUT2D eigenvalue weighted by Crippen LogP contribution is 2.12. The Labute approximate surface area is 103 Å². The van der Waals surface area contributed by atoms with E-state index in [1.54, 1.807) is 18.2 Å². The molecule has 0 amide bonds. The third kappa shape index (κ3) is 2.71. The largest absolute Gasteiger partial charge is 0.368 e. The number of halogens is 1. The Bertz CT molecular complexity index is 606. The number of nitriles is 1. The Balaban J connectivity index is 2.11. The number of nitrogens with one attached hydrogen (secondary N) is 1. The van der Waals surface area contributed by atoms with E-state index in [9.17, 15) is 4.39 Å². The summed E-state index contributed by atoms with van der Waals surface area (Å²) in [5, 5.41) is 11.6. The first kappa shape index (κ1) is 11.8. The predicted molar refractivity (Wildman–Crippen MR) is 64.9 cm³/mol. The van der Waals surface area contributed by atoms with Crippen LogP contribution in [0.2, 0.25) is 0 Å². The van der Waals surface area contributed by atoms with Gasteiger partial charge >= 0.3 is 0 Å². The van der Waals surface area contributed by atoms with Crippen LogP contribution >= 0.6 is 0 Å². The molecule has 2 aromatic rings. The number of hydrogen-bond donors (Lipinski definition) is 2. The topological polar surface area (TPSA) is 87.6 Å². The van der Waals surface area contributed by atoms with E-state index in [0.717, 1.165) is 11.8 Å². The summed E-state index contributed by atoms with van der Waals surface area (Å²) < 4.78 is 13.3. The second-order valence-corrected chi connectivity index (χ2v) is 3.59. The quantitative estimate of drug-likeness (QED) is 0.856. The molecule has 0 spiro atoms. The van der Waals surface area contributed by atoms with Crippen LogP contribution in [-0.2, 0) is 6.54 Å². The highest BCUT2D eigenvalue weighted by atomic mass is 19.1. The van der Waals surface area contributed by atoms with Crippen molar-refractivity contribution in [3.63, 3.8) is 0 Å². The molecule has 18 heavy (non-hydrogen) atoms. The number of anilines is 2. The number of aromatic nitrogens is 2. The van der Waals surface area contributed by atoms with Crippen LogP contribution in [0.25, 0.3) is 0 Å². The van der Waals surface area contributed by atoms with Crippen molar-refractivity contribution in [2.24, 2.45) is 0 Å². The summed E-state index contributed by atoms with van der Waals surface area (Å²) in [6.45, 7) is 0.350. The molecule has 6 heteroatoms. The number of rotatable bonds is 3. The lowest BCUT2D eigenvalue weighted by atomic mass is 10.1. The molecule has 3 N–H and O–H groups in total. The molecular weight excluding hydrogens is 233 g/mol. The monoisotopic (exact) mass is 243 g/mol. The lowest BCUT2D eigenvalue weighted by Crippen LogP contribution is -2.06. The molecule has 0 atom stereocenters. The van der Waals surface area contributed by atoms with Crippen LogP contribution in [0.3, 0.4) is 0 Å². The van der Waals surface area contributed by atoms with Crippen LogP contribution in [0.4, 0.5) is 16.2 Å². The minimum absolute atomic E-state index is 0.00433. The second kappa shape index (κ2) is 5.10. The summed E-state index contributed by atoms with van der Waals surface area (Å²) >= 11 is 0. The maximum atomic E-state index is 13.3. The van der Waals surface area contributed by atoms with Crippen LogP contribution in [0.15, 0.2) is 30.5 Å². The fourth-order valence-corrected chi connectivity index (χ4v) is 1.44. The minimum Gasteiger partial charge on any atom is -0.368 e. The summed E-state index contributed by atoms with van der Waals surface area (Å²) in [5.41, 5.74) is 6.78. The minimum atomic E-state index is -0.569. The van der Waals surface area contributed by atoms with Crippen molar-refractivity contribution in [2.45, 2.75) is 6.54 Å². The molecule has 0 aliphatic carbocycles. The van der Waals surface area contributed by atoms with E-state index in [0.29, 0.717) is 12.1 Å². The average molecular weight is 243 g/mol. The Kier molecular flexibility index (Phi) is 3.34. The summed E-state index contributed by atoms with van der Waals surface area (Å²) in [6, 6.07) is 9.05. The van der Waals surface area contributed by atoms with Gasteiger partial charge < -0.3 is 11.1 Å². The second-order valence-electron chi connectivity index (χ2n) is 3.59. The van der Waals surface area contributed by atoms with Gasteiger partial charge in [0.1, 0.15) is 0 Å². The van der Waals surface area contributed by atoms with Crippen molar-refractivity contribution in [2.75, 3.05) is 11.1 Å². The molecule has 0 bridgehead atoms. The van der Waals surface area contributed by atoms with E-state index in [2.05, 4.69) is 15.3 Å². The first-order chi connectivity index (χ1) is 8.69. The molecule has 90 valence electrons. The predicted octanol–water partition coefficient (Wildman–Crippen LogP) is 1.68. The average Bonchev–Trinajstić information content (AvgIpc) is 2.40. The van der Waals surface area contributed by atoms with Gasteiger partial charge in [0.2, 0.25) is 5.95 Å². The van der Waals surface area contributed by atoms with Crippen LogP contribution in [0.5, 0.6) is 0 Å². The molecule has 0 saturated heterocycles. The van der Waals surface area contributed by atoms with E-state index >= 15 is 0 Å². The smallest absolute Gasteiger partial charge is 0.222 e. The molecule has 1 aromatic carbocycles. The summed E-state index contributed by atoms with van der Waals surface area (Å²) in [4.78, 5) is 7.28. The van der Waals surface area contributed by atoms with Gasteiger partial charge in [-0.05, 0) is 17.7 Å². The number of hydrogen-bond acceptors (Lipinski definition) is 5. The molecular formula is C12H10FN5. The Morgan fingerprint density at radius 1 is 1.44 bits per heavy atom. The lowest BCUT2D eigenvalue weighted by Gasteiger charge is -2.07. The van der Waals surface area contributed by atoms with Crippen LogP contribution < -0.4 is 11.1 Å². The third-order valence-corrected chi connectivity index (χ3v) is 2.28. The van der Waals surface area contributed by atoms with Gasteiger partial charge in [0.25, 0.3) is 0 Å². The molecule has 0 aliphatic heterocycles. The van der Waals surface area contributed by atoms with Gasteiger partial charge in [-0.25, -0.2) is 9.37 Å². The van der Waals surface area contributed by atoms with Gasteiger partial charge in [0, 0.05) is 6.54 Å². The fourth-order valence-electron chi connectivity index (χ4n) is 1.44. The first-order valence-electron chi connectivity index (χ1n) is 5.20. The van der Waals surface area contributed by atoms with Crippen molar-refractivity contribution in [1.29, 1.82) is 5.26 Å². The van der Waals surface area contributed by atoms with Gasteiger partial charge in [-0.1, -0.05) is 12.1 Å². The zero-order chi connectivity index (χ0) is 13.0. The van der Waals surface area contributed by atoms with Crippen molar-refractivity contribution in [1.82, 2.24) is 9.97 Å². The number of nitrogens with zero attached hydrogens (tertiary/aromatic N) is 3. The van der Waals surface area contributed by atoms with E-state index in [1.165, 1.54) is 0 Å². The van der Waals surface area contributed by atoms with Crippen LogP contribution in [0.1, 0.15) is 11.1 Å². The number of nitrogens with two attached hydrogens (primary N) is 1. The standard InChI is InChI=1S/C12H10FN5/c13-10-7-17-12(15)18-11(10)16-6-9-3-1-2-8(4-9)5-14/h1-4,7H,6H2,(H3,15,16,17,18). The Morgan fingerprint density at radius 3 is 3.06 bits per heavy atom. The summed E-state index contributed by atoms with van der Waals surface area (Å²) in [7, 11) is 0. The molecule has 2 rings (SSSR count). The van der Waals surface area contributed by atoms with Gasteiger partial charge in [0.05, 0.1) is 17.8 Å². The maximum Gasteiger partial charge on any atom is 0.222 e. The maximum absolute atomic E-state index is 13.3. The summed E-state index contributed by atoms with van der Waals surface area (Å²) in [5.74, 6) is -0.518. The number of benzene rings is 1. The molecule has 0 unspecified atom stereocenters. The highest BCUT2D eigenvalue weighted by Gasteiger charge is 2.05. The van der Waals surface area contributed by atoms with E-state index in [4.69, 9.17) is 11.0 Å². The van der Waals surface area contributed by atoms with Crippen molar-refractivity contribution >= 4 is 11.8 Å². The van der Waals surface area contributed by atoms with Crippen molar-refractivity contribution < 1.29 is 4.39 Å². The van der Waals surface area contributed by atoms with E-state index in [1.807, 2.05) is 12.1 Å². The highest BCUT2D eigenvalue weighted by molar-refractivity contribution is 5.41. The summed E-state index contributed by atoms with van der Waals surface area (Å²) in [6.07, 6.45) is 1.01. The van der Waals surface area contributed by atoms with Crippen molar-refractivity contribution in [3.05, 3.63) is 47.4 Å². The van der Waals surface area contributed by atoms with Gasteiger partial charge in [-0.2, -0.15) is 10.2 Å². The Hall–Kier alpha value is -2.68. The van der Waals surface area contributed by atoms with E-state index < -0.39 is 5.82 Å².